The first-order chi connectivity index (χ1) is 12.4. The van der Waals surface area contributed by atoms with E-state index < -0.39 is 0 Å². The lowest BCUT2D eigenvalue weighted by molar-refractivity contribution is -0.131. The third-order valence-corrected chi connectivity index (χ3v) is 4.85. The van der Waals surface area contributed by atoms with Gasteiger partial charge in [-0.15, -0.1) is 0 Å². The SMILES string of the molecule is Cc1ccc(C(=O)N2CCN(C(=O)Cc3c(C)noc3C)CC2)cc1F. The minimum Gasteiger partial charge on any atom is -0.361 e. The standard InChI is InChI=1S/C19H22FN3O3/c1-12-4-5-15(10-17(12)20)19(25)23-8-6-22(7-9-23)18(24)11-16-13(2)21-26-14(16)3/h4-5,10H,6-9,11H2,1-3H3. The first-order valence-corrected chi connectivity index (χ1v) is 8.61. The number of benzene rings is 1. The van der Waals surface area contributed by atoms with E-state index in [-0.39, 0.29) is 24.1 Å². The first-order valence-electron chi connectivity index (χ1n) is 8.61. The summed E-state index contributed by atoms with van der Waals surface area (Å²) >= 11 is 0. The Hall–Kier alpha value is -2.70. The molecule has 1 saturated heterocycles. The molecule has 0 N–H and O–H groups in total. The maximum atomic E-state index is 13.7. The van der Waals surface area contributed by atoms with E-state index in [0.717, 1.165) is 11.3 Å². The van der Waals surface area contributed by atoms with E-state index in [9.17, 15) is 14.0 Å². The molecule has 2 amide bonds. The summed E-state index contributed by atoms with van der Waals surface area (Å²) in [7, 11) is 0. The summed E-state index contributed by atoms with van der Waals surface area (Å²) in [6.45, 7) is 7.05. The molecule has 26 heavy (non-hydrogen) atoms. The highest BCUT2D eigenvalue weighted by atomic mass is 19.1. The molecule has 2 heterocycles. The highest BCUT2D eigenvalue weighted by Crippen LogP contribution is 2.16. The molecule has 0 spiro atoms. The van der Waals surface area contributed by atoms with Gasteiger partial charge in [0.05, 0.1) is 12.1 Å². The van der Waals surface area contributed by atoms with E-state index in [2.05, 4.69) is 5.16 Å². The molecule has 2 aromatic rings. The summed E-state index contributed by atoms with van der Waals surface area (Å²) in [6, 6.07) is 4.51. The maximum Gasteiger partial charge on any atom is 0.254 e. The normalized spacial score (nSPS) is 14.6. The number of rotatable bonds is 3. The molecule has 3 rings (SSSR count). The number of halogens is 1. The first kappa shape index (κ1) is 18.1. The van der Waals surface area contributed by atoms with Gasteiger partial charge in [0, 0.05) is 37.3 Å². The van der Waals surface area contributed by atoms with Crippen molar-refractivity contribution in [2.75, 3.05) is 26.2 Å². The molecule has 1 aliphatic heterocycles. The molecule has 0 saturated carbocycles. The summed E-state index contributed by atoms with van der Waals surface area (Å²) in [4.78, 5) is 28.4. The number of piperazine rings is 1. The molecule has 0 unspecified atom stereocenters. The quantitative estimate of drug-likeness (QED) is 0.843. The van der Waals surface area contributed by atoms with Crippen molar-refractivity contribution in [1.29, 1.82) is 0 Å². The fourth-order valence-electron chi connectivity index (χ4n) is 3.08. The van der Waals surface area contributed by atoms with E-state index in [4.69, 9.17) is 4.52 Å². The molecule has 138 valence electrons. The lowest BCUT2D eigenvalue weighted by Gasteiger charge is -2.35. The molecule has 7 heteroatoms. The van der Waals surface area contributed by atoms with Gasteiger partial charge < -0.3 is 14.3 Å². The average molecular weight is 359 g/mol. The topological polar surface area (TPSA) is 66.7 Å². The molecule has 0 aliphatic carbocycles. The lowest BCUT2D eigenvalue weighted by Crippen LogP contribution is -2.51. The molecular formula is C19H22FN3O3. The van der Waals surface area contributed by atoms with Gasteiger partial charge in [-0.3, -0.25) is 9.59 Å². The highest BCUT2D eigenvalue weighted by molar-refractivity contribution is 5.94. The van der Waals surface area contributed by atoms with Gasteiger partial charge in [0.1, 0.15) is 11.6 Å². The van der Waals surface area contributed by atoms with Crippen LogP contribution in [0.25, 0.3) is 0 Å². The van der Waals surface area contributed by atoms with Crippen molar-refractivity contribution >= 4 is 11.8 Å². The zero-order valence-electron chi connectivity index (χ0n) is 15.2. The van der Waals surface area contributed by atoms with Gasteiger partial charge in [-0.05, 0) is 38.5 Å². The second-order valence-electron chi connectivity index (χ2n) is 6.62. The fourth-order valence-corrected chi connectivity index (χ4v) is 3.08. The Morgan fingerprint density at radius 2 is 1.77 bits per heavy atom. The summed E-state index contributed by atoms with van der Waals surface area (Å²) in [6.07, 6.45) is 0.248. The summed E-state index contributed by atoms with van der Waals surface area (Å²) in [5.41, 5.74) is 2.40. The van der Waals surface area contributed by atoms with Crippen molar-refractivity contribution in [2.24, 2.45) is 0 Å². The Morgan fingerprint density at radius 1 is 1.12 bits per heavy atom. The fraction of sp³-hybridized carbons (Fsp3) is 0.421. The second-order valence-corrected chi connectivity index (χ2v) is 6.62. The zero-order valence-corrected chi connectivity index (χ0v) is 15.2. The van der Waals surface area contributed by atoms with Gasteiger partial charge in [-0.2, -0.15) is 0 Å². The molecule has 1 fully saturated rings. The van der Waals surface area contributed by atoms with Gasteiger partial charge in [0.25, 0.3) is 5.91 Å². The van der Waals surface area contributed by atoms with E-state index in [1.807, 2.05) is 6.92 Å². The second kappa shape index (κ2) is 7.27. The van der Waals surface area contributed by atoms with Crippen LogP contribution in [0.3, 0.4) is 0 Å². The Balaban J connectivity index is 1.59. The van der Waals surface area contributed by atoms with Crippen molar-refractivity contribution < 1.29 is 18.5 Å². The van der Waals surface area contributed by atoms with Crippen LogP contribution in [0.15, 0.2) is 22.7 Å². The monoisotopic (exact) mass is 359 g/mol. The van der Waals surface area contributed by atoms with Gasteiger partial charge >= 0.3 is 0 Å². The number of hydrogen-bond acceptors (Lipinski definition) is 4. The van der Waals surface area contributed by atoms with E-state index in [1.165, 1.54) is 6.07 Å². The van der Waals surface area contributed by atoms with Gasteiger partial charge in [-0.1, -0.05) is 11.2 Å². The minimum absolute atomic E-state index is 0.00659. The van der Waals surface area contributed by atoms with Crippen LogP contribution in [0.4, 0.5) is 4.39 Å². The maximum absolute atomic E-state index is 13.7. The van der Waals surface area contributed by atoms with Crippen LogP contribution < -0.4 is 0 Å². The average Bonchev–Trinajstić information content (AvgIpc) is 2.95. The van der Waals surface area contributed by atoms with Gasteiger partial charge in [0.2, 0.25) is 5.91 Å². The Labute approximate surface area is 151 Å². The van der Waals surface area contributed by atoms with Crippen LogP contribution in [-0.2, 0) is 11.2 Å². The number of hydrogen-bond donors (Lipinski definition) is 0. The van der Waals surface area contributed by atoms with Crippen molar-refractivity contribution in [3.63, 3.8) is 0 Å². The van der Waals surface area contributed by atoms with Crippen molar-refractivity contribution in [3.05, 3.63) is 52.2 Å². The summed E-state index contributed by atoms with van der Waals surface area (Å²) in [5, 5.41) is 3.87. The molecular weight excluding hydrogens is 337 g/mol. The van der Waals surface area contributed by atoms with Gasteiger partial charge in [0.15, 0.2) is 0 Å². The Bertz CT molecular complexity index is 819. The predicted octanol–water partition coefficient (Wildman–Crippen LogP) is 2.27. The lowest BCUT2D eigenvalue weighted by atomic mass is 10.1. The van der Waals surface area contributed by atoms with Crippen LogP contribution in [0.2, 0.25) is 0 Å². The molecule has 0 radical (unpaired) electrons. The minimum atomic E-state index is -0.385. The number of aryl methyl sites for hydroxylation is 3. The number of carbonyl (C=O) groups excluding carboxylic acids is 2. The molecule has 1 aromatic heterocycles. The van der Waals surface area contributed by atoms with Crippen molar-refractivity contribution in [2.45, 2.75) is 27.2 Å². The Morgan fingerprint density at radius 3 is 2.35 bits per heavy atom. The molecule has 1 aromatic carbocycles. The van der Waals surface area contributed by atoms with Crippen LogP contribution in [0.5, 0.6) is 0 Å². The Kier molecular flexibility index (Phi) is 5.06. The van der Waals surface area contributed by atoms with E-state index in [0.29, 0.717) is 43.1 Å². The number of nitrogens with zero attached hydrogens (tertiary/aromatic N) is 3. The number of carbonyl (C=O) groups is 2. The van der Waals surface area contributed by atoms with Crippen LogP contribution >= 0.6 is 0 Å². The largest absolute Gasteiger partial charge is 0.361 e. The van der Waals surface area contributed by atoms with Crippen LogP contribution in [-0.4, -0.2) is 52.9 Å². The molecule has 0 bridgehead atoms. The van der Waals surface area contributed by atoms with E-state index >= 15 is 0 Å². The third-order valence-electron chi connectivity index (χ3n) is 4.85. The third kappa shape index (κ3) is 3.61. The summed E-state index contributed by atoms with van der Waals surface area (Å²) in [5.74, 6) is 0.0600. The zero-order chi connectivity index (χ0) is 18.8. The number of aromatic nitrogens is 1. The highest BCUT2D eigenvalue weighted by Gasteiger charge is 2.26. The smallest absolute Gasteiger partial charge is 0.254 e. The summed E-state index contributed by atoms with van der Waals surface area (Å²) < 4.78 is 18.8. The van der Waals surface area contributed by atoms with E-state index in [1.54, 1.807) is 35.8 Å². The molecule has 0 atom stereocenters. The molecule has 6 nitrogen and oxygen atoms in total. The van der Waals surface area contributed by atoms with Gasteiger partial charge in [-0.25, -0.2) is 4.39 Å². The number of amides is 2. The predicted molar refractivity (Wildman–Crippen MR) is 93.3 cm³/mol. The van der Waals surface area contributed by atoms with Crippen LogP contribution in [0, 0.1) is 26.6 Å². The van der Waals surface area contributed by atoms with Crippen molar-refractivity contribution in [1.82, 2.24) is 15.0 Å². The van der Waals surface area contributed by atoms with Crippen molar-refractivity contribution in [3.8, 4) is 0 Å². The van der Waals surface area contributed by atoms with Crippen LogP contribution in [0.1, 0.15) is 32.9 Å². The molecule has 1 aliphatic rings.